The molecule has 1 aliphatic heterocycles. The molecule has 0 aliphatic carbocycles. The molecule has 0 aromatic carbocycles. The molecule has 0 radical (unpaired) electrons. The van der Waals surface area contributed by atoms with Crippen molar-refractivity contribution >= 4 is 30.7 Å². The molecular weight excluding hydrogens is 301 g/mol. The van der Waals surface area contributed by atoms with E-state index in [9.17, 15) is 4.79 Å². The quantitative estimate of drug-likeness (QED) is 0.756. The number of hydrogen-bond donors (Lipinski definition) is 1. The molecule has 0 aromatic heterocycles. The molecule has 0 aromatic rings. The second-order valence-electron chi connectivity index (χ2n) is 4.99. The van der Waals surface area contributed by atoms with E-state index in [0.717, 1.165) is 39.1 Å². The SMILES string of the molecule is CCN(CC)CC1CCN(C(=O)C(N)COC)C1.Cl.Cl. The van der Waals surface area contributed by atoms with Crippen molar-refractivity contribution < 1.29 is 9.53 Å². The Balaban J connectivity index is 0. The third-order valence-corrected chi connectivity index (χ3v) is 3.67. The molecule has 122 valence electrons. The molecule has 2 N–H and O–H groups in total. The molecule has 1 saturated heterocycles. The summed E-state index contributed by atoms with van der Waals surface area (Å²) >= 11 is 0. The number of amides is 1. The summed E-state index contributed by atoms with van der Waals surface area (Å²) < 4.78 is 4.93. The average molecular weight is 330 g/mol. The summed E-state index contributed by atoms with van der Waals surface area (Å²) in [6.07, 6.45) is 1.09. The van der Waals surface area contributed by atoms with E-state index in [1.54, 1.807) is 7.11 Å². The Morgan fingerprint density at radius 3 is 2.50 bits per heavy atom. The first-order chi connectivity index (χ1) is 8.62. The molecule has 5 nitrogen and oxygen atoms in total. The van der Waals surface area contributed by atoms with Crippen molar-refractivity contribution in [3.63, 3.8) is 0 Å². The van der Waals surface area contributed by atoms with Crippen LogP contribution in [0.5, 0.6) is 0 Å². The van der Waals surface area contributed by atoms with E-state index >= 15 is 0 Å². The Bertz CT molecular complexity index is 266. The summed E-state index contributed by atoms with van der Waals surface area (Å²) in [5.41, 5.74) is 5.78. The van der Waals surface area contributed by atoms with Crippen LogP contribution in [-0.2, 0) is 9.53 Å². The number of likely N-dealkylation sites (tertiary alicyclic amines) is 1. The van der Waals surface area contributed by atoms with Crippen molar-refractivity contribution in [2.45, 2.75) is 26.3 Å². The van der Waals surface area contributed by atoms with Gasteiger partial charge in [-0.05, 0) is 25.4 Å². The van der Waals surface area contributed by atoms with Crippen LogP contribution in [0.15, 0.2) is 0 Å². The van der Waals surface area contributed by atoms with Gasteiger partial charge in [0.05, 0.1) is 6.61 Å². The van der Waals surface area contributed by atoms with Gasteiger partial charge in [-0.1, -0.05) is 13.8 Å². The third kappa shape index (κ3) is 6.59. The van der Waals surface area contributed by atoms with Gasteiger partial charge in [-0.25, -0.2) is 0 Å². The molecule has 0 spiro atoms. The number of carbonyl (C=O) groups is 1. The molecule has 2 unspecified atom stereocenters. The number of carbonyl (C=O) groups excluding carboxylic acids is 1. The van der Waals surface area contributed by atoms with Crippen LogP contribution in [0.3, 0.4) is 0 Å². The lowest BCUT2D eigenvalue weighted by Crippen LogP contribution is -2.45. The smallest absolute Gasteiger partial charge is 0.241 e. The van der Waals surface area contributed by atoms with E-state index in [0.29, 0.717) is 12.5 Å². The first-order valence-electron chi connectivity index (χ1n) is 6.88. The molecule has 2 atom stereocenters. The van der Waals surface area contributed by atoms with E-state index in [2.05, 4.69) is 18.7 Å². The maximum atomic E-state index is 12.0. The predicted octanol–water partition coefficient (Wildman–Crippen LogP) is 0.994. The fraction of sp³-hybridized carbons (Fsp3) is 0.923. The van der Waals surface area contributed by atoms with E-state index in [4.69, 9.17) is 10.5 Å². The summed E-state index contributed by atoms with van der Waals surface area (Å²) in [5.74, 6) is 0.613. The number of halogens is 2. The summed E-state index contributed by atoms with van der Waals surface area (Å²) in [7, 11) is 1.57. The summed E-state index contributed by atoms with van der Waals surface area (Å²) in [6, 6.07) is -0.512. The topological polar surface area (TPSA) is 58.8 Å². The van der Waals surface area contributed by atoms with Crippen LogP contribution >= 0.6 is 24.8 Å². The molecule has 1 fully saturated rings. The van der Waals surface area contributed by atoms with Gasteiger partial charge in [-0.2, -0.15) is 0 Å². The number of nitrogens with zero attached hydrogens (tertiary/aromatic N) is 2. The zero-order chi connectivity index (χ0) is 13.5. The van der Waals surface area contributed by atoms with E-state index in [1.165, 1.54) is 0 Å². The van der Waals surface area contributed by atoms with Crippen LogP contribution in [0.2, 0.25) is 0 Å². The van der Waals surface area contributed by atoms with Crippen LogP contribution in [0, 0.1) is 5.92 Å². The van der Waals surface area contributed by atoms with Gasteiger partial charge in [0.1, 0.15) is 6.04 Å². The highest BCUT2D eigenvalue weighted by atomic mass is 35.5. The Morgan fingerprint density at radius 2 is 2.00 bits per heavy atom. The van der Waals surface area contributed by atoms with E-state index in [1.807, 2.05) is 4.90 Å². The van der Waals surface area contributed by atoms with Gasteiger partial charge in [0.2, 0.25) is 5.91 Å². The monoisotopic (exact) mass is 329 g/mol. The van der Waals surface area contributed by atoms with Gasteiger partial charge in [-0.15, -0.1) is 24.8 Å². The molecule has 7 heteroatoms. The molecule has 1 amide bonds. The van der Waals surface area contributed by atoms with Crippen molar-refractivity contribution in [3.05, 3.63) is 0 Å². The second-order valence-corrected chi connectivity index (χ2v) is 4.99. The minimum atomic E-state index is -0.512. The van der Waals surface area contributed by atoms with Crippen LogP contribution in [0.1, 0.15) is 20.3 Å². The van der Waals surface area contributed by atoms with Crippen molar-refractivity contribution in [3.8, 4) is 0 Å². The van der Waals surface area contributed by atoms with Gasteiger partial charge in [-0.3, -0.25) is 4.79 Å². The molecule has 1 rings (SSSR count). The second kappa shape index (κ2) is 11.6. The highest BCUT2D eigenvalue weighted by Gasteiger charge is 2.29. The summed E-state index contributed by atoms with van der Waals surface area (Å²) in [4.78, 5) is 16.3. The van der Waals surface area contributed by atoms with E-state index in [-0.39, 0.29) is 30.7 Å². The molecule has 1 heterocycles. The van der Waals surface area contributed by atoms with Crippen molar-refractivity contribution in [2.75, 3.05) is 46.4 Å². The van der Waals surface area contributed by atoms with Gasteiger partial charge in [0.25, 0.3) is 0 Å². The predicted molar refractivity (Wildman–Crippen MR) is 86.8 cm³/mol. The highest BCUT2D eigenvalue weighted by Crippen LogP contribution is 2.18. The summed E-state index contributed by atoms with van der Waals surface area (Å²) in [6.45, 7) is 9.56. The maximum absolute atomic E-state index is 12.0. The fourth-order valence-electron chi connectivity index (χ4n) is 2.51. The zero-order valence-electron chi connectivity index (χ0n) is 12.7. The van der Waals surface area contributed by atoms with Gasteiger partial charge in [0, 0.05) is 26.7 Å². The minimum absolute atomic E-state index is 0. The van der Waals surface area contributed by atoms with Crippen molar-refractivity contribution in [1.82, 2.24) is 9.80 Å². The van der Waals surface area contributed by atoms with Crippen molar-refractivity contribution in [1.29, 1.82) is 0 Å². The largest absolute Gasteiger partial charge is 0.383 e. The lowest BCUT2D eigenvalue weighted by molar-refractivity contribution is -0.132. The summed E-state index contributed by atoms with van der Waals surface area (Å²) in [5, 5.41) is 0. The highest BCUT2D eigenvalue weighted by molar-refractivity contribution is 5.85. The normalized spacial score (nSPS) is 19.4. The minimum Gasteiger partial charge on any atom is -0.383 e. The Labute approximate surface area is 135 Å². The number of methoxy groups -OCH3 is 1. The average Bonchev–Trinajstić information content (AvgIpc) is 2.83. The van der Waals surface area contributed by atoms with Crippen LogP contribution in [-0.4, -0.2) is 68.2 Å². The standard InChI is InChI=1S/C13H27N3O2.2ClH/c1-4-15(5-2)8-11-6-7-16(9-11)13(17)12(14)10-18-3;;/h11-12H,4-10,14H2,1-3H3;2*1H. The zero-order valence-corrected chi connectivity index (χ0v) is 14.3. The van der Waals surface area contributed by atoms with Gasteiger partial charge in [0.15, 0.2) is 0 Å². The van der Waals surface area contributed by atoms with Crippen LogP contribution in [0.25, 0.3) is 0 Å². The number of rotatable bonds is 7. The molecule has 1 aliphatic rings. The first kappa shape index (κ1) is 22.2. The Morgan fingerprint density at radius 1 is 1.40 bits per heavy atom. The molecular formula is C13H29Cl2N3O2. The first-order valence-corrected chi connectivity index (χ1v) is 6.88. The molecule has 0 bridgehead atoms. The maximum Gasteiger partial charge on any atom is 0.241 e. The van der Waals surface area contributed by atoms with Crippen molar-refractivity contribution in [2.24, 2.45) is 11.7 Å². The number of nitrogens with two attached hydrogens (primary N) is 1. The van der Waals surface area contributed by atoms with Gasteiger partial charge < -0.3 is 20.3 Å². The lowest BCUT2D eigenvalue weighted by atomic mass is 10.1. The fourth-order valence-corrected chi connectivity index (χ4v) is 2.51. The third-order valence-electron chi connectivity index (χ3n) is 3.67. The Hall–Kier alpha value is -0.0700. The van der Waals surface area contributed by atoms with Crippen LogP contribution < -0.4 is 5.73 Å². The van der Waals surface area contributed by atoms with Crippen LogP contribution in [0.4, 0.5) is 0 Å². The number of hydrogen-bond acceptors (Lipinski definition) is 4. The molecule has 0 saturated carbocycles. The van der Waals surface area contributed by atoms with Gasteiger partial charge >= 0.3 is 0 Å². The molecule has 20 heavy (non-hydrogen) atoms. The number of ether oxygens (including phenoxy) is 1. The lowest BCUT2D eigenvalue weighted by Gasteiger charge is -2.23. The Kier molecular flexibility index (Phi) is 12.9. The van der Waals surface area contributed by atoms with E-state index < -0.39 is 6.04 Å².